The van der Waals surface area contributed by atoms with Crippen LogP contribution < -0.4 is 0 Å². The molecule has 0 heterocycles. The van der Waals surface area contributed by atoms with E-state index in [2.05, 4.69) is 4.74 Å². The van der Waals surface area contributed by atoms with E-state index >= 15 is 0 Å². The normalized spacial score (nSPS) is 11.5. The molecule has 0 saturated heterocycles. The van der Waals surface area contributed by atoms with Crippen LogP contribution in [-0.2, 0) is 13.6 Å². The minimum absolute atomic E-state index is 0.830. The number of rotatable bonds is 4. The first kappa shape index (κ1) is 12.4. The number of aryl methyl sites for hydroxylation is 1. The predicted octanol–water partition coefficient (Wildman–Crippen LogP) is 3.51. The predicted molar refractivity (Wildman–Crippen MR) is 61.2 cm³/mol. The van der Waals surface area contributed by atoms with Gasteiger partial charge in [-0.05, 0) is 18.6 Å². The van der Waals surface area contributed by atoms with Crippen LogP contribution in [0.15, 0.2) is 29.0 Å². The SMILES string of the molecule is COP(=Nc1ccccc1C)(OC)OC. The van der Waals surface area contributed by atoms with Crippen molar-refractivity contribution in [1.82, 2.24) is 0 Å². The van der Waals surface area contributed by atoms with Crippen molar-refractivity contribution < 1.29 is 13.6 Å². The van der Waals surface area contributed by atoms with Crippen molar-refractivity contribution in [2.24, 2.45) is 4.74 Å². The lowest BCUT2D eigenvalue weighted by molar-refractivity contribution is 0.224. The van der Waals surface area contributed by atoms with Crippen LogP contribution in [0, 0.1) is 6.92 Å². The van der Waals surface area contributed by atoms with Crippen LogP contribution in [0.25, 0.3) is 0 Å². The Labute approximate surface area is 90.5 Å². The summed E-state index contributed by atoms with van der Waals surface area (Å²) in [7, 11) is 2.03. The van der Waals surface area contributed by atoms with Crippen LogP contribution in [0.4, 0.5) is 5.69 Å². The Morgan fingerprint density at radius 2 is 1.53 bits per heavy atom. The van der Waals surface area contributed by atoms with Crippen molar-refractivity contribution in [2.75, 3.05) is 21.3 Å². The van der Waals surface area contributed by atoms with Crippen LogP contribution in [0.3, 0.4) is 0 Å². The Morgan fingerprint density at radius 1 is 1.00 bits per heavy atom. The fraction of sp³-hybridized carbons (Fsp3) is 0.400. The van der Waals surface area contributed by atoms with Gasteiger partial charge in [0.15, 0.2) is 0 Å². The second-order valence-electron chi connectivity index (χ2n) is 2.90. The van der Waals surface area contributed by atoms with E-state index in [9.17, 15) is 0 Å². The van der Waals surface area contributed by atoms with Gasteiger partial charge >= 0.3 is 7.74 Å². The van der Waals surface area contributed by atoms with Crippen LogP contribution >= 0.6 is 7.74 Å². The molecule has 0 aliphatic heterocycles. The number of benzene rings is 1. The molecule has 1 aromatic rings. The maximum atomic E-state index is 5.20. The van der Waals surface area contributed by atoms with Gasteiger partial charge in [0.1, 0.15) is 0 Å². The Kier molecular flexibility index (Phi) is 4.48. The maximum Gasteiger partial charge on any atom is 0.359 e. The molecule has 0 amide bonds. The molecule has 0 spiro atoms. The highest BCUT2D eigenvalue weighted by molar-refractivity contribution is 7.51. The maximum absolute atomic E-state index is 5.20. The minimum Gasteiger partial charge on any atom is -0.306 e. The van der Waals surface area contributed by atoms with E-state index in [4.69, 9.17) is 13.6 Å². The lowest BCUT2D eigenvalue weighted by atomic mass is 10.2. The number of hydrogen-bond acceptors (Lipinski definition) is 4. The molecular formula is C10H16NO3P. The molecule has 0 bridgehead atoms. The molecule has 0 fully saturated rings. The lowest BCUT2D eigenvalue weighted by Crippen LogP contribution is -1.91. The molecule has 0 radical (unpaired) electrons. The monoisotopic (exact) mass is 229 g/mol. The highest BCUT2D eigenvalue weighted by Crippen LogP contribution is 2.53. The summed E-state index contributed by atoms with van der Waals surface area (Å²) in [5.74, 6) is 0. The van der Waals surface area contributed by atoms with Crippen molar-refractivity contribution in [3.63, 3.8) is 0 Å². The largest absolute Gasteiger partial charge is 0.359 e. The van der Waals surface area contributed by atoms with Crippen LogP contribution in [0.2, 0.25) is 0 Å². The summed E-state index contributed by atoms with van der Waals surface area (Å²) >= 11 is 0. The van der Waals surface area contributed by atoms with Crippen molar-refractivity contribution in [3.8, 4) is 0 Å². The van der Waals surface area contributed by atoms with Gasteiger partial charge in [-0.1, -0.05) is 18.2 Å². The van der Waals surface area contributed by atoms with Gasteiger partial charge in [0, 0.05) is 21.3 Å². The van der Waals surface area contributed by atoms with E-state index in [0.717, 1.165) is 11.3 Å². The van der Waals surface area contributed by atoms with Gasteiger partial charge in [0.05, 0.1) is 5.69 Å². The fourth-order valence-corrected chi connectivity index (χ4v) is 2.33. The van der Waals surface area contributed by atoms with Crippen molar-refractivity contribution >= 4 is 13.4 Å². The molecule has 0 unspecified atom stereocenters. The topological polar surface area (TPSA) is 40.0 Å². The van der Waals surface area contributed by atoms with Gasteiger partial charge in [-0.3, -0.25) is 0 Å². The van der Waals surface area contributed by atoms with Gasteiger partial charge in [0.25, 0.3) is 0 Å². The standard InChI is InChI=1S/C10H16NO3P/c1-9-7-5-6-8-10(9)11-15(12-2,13-3)14-4/h5-8H,1-4H3. The second-order valence-corrected chi connectivity index (χ2v) is 5.14. The summed E-state index contributed by atoms with van der Waals surface area (Å²) < 4.78 is 20.0. The smallest absolute Gasteiger partial charge is 0.306 e. The third-order valence-corrected chi connectivity index (χ3v) is 3.88. The Morgan fingerprint density at radius 3 is 2.00 bits per heavy atom. The van der Waals surface area contributed by atoms with Gasteiger partial charge in [0.2, 0.25) is 0 Å². The van der Waals surface area contributed by atoms with Crippen molar-refractivity contribution in [3.05, 3.63) is 29.8 Å². The third-order valence-electron chi connectivity index (χ3n) is 2.04. The quantitative estimate of drug-likeness (QED) is 0.741. The van der Waals surface area contributed by atoms with Gasteiger partial charge in [-0.2, -0.15) is 4.74 Å². The average Bonchev–Trinajstić information content (AvgIpc) is 2.29. The molecule has 0 atom stereocenters. The van der Waals surface area contributed by atoms with Crippen LogP contribution in [0.1, 0.15) is 5.56 Å². The zero-order valence-electron chi connectivity index (χ0n) is 9.43. The van der Waals surface area contributed by atoms with Crippen molar-refractivity contribution in [1.29, 1.82) is 0 Å². The molecule has 0 aliphatic carbocycles. The molecule has 1 aromatic carbocycles. The lowest BCUT2D eigenvalue weighted by Gasteiger charge is -2.17. The molecule has 5 heteroatoms. The van der Waals surface area contributed by atoms with E-state index < -0.39 is 7.74 Å². The summed E-state index contributed by atoms with van der Waals surface area (Å²) in [4.78, 5) is 0. The van der Waals surface area contributed by atoms with E-state index in [0.29, 0.717) is 0 Å². The van der Waals surface area contributed by atoms with Gasteiger partial charge in [-0.15, -0.1) is 0 Å². The molecular weight excluding hydrogens is 213 g/mol. The Bertz CT molecular complexity index is 360. The summed E-state index contributed by atoms with van der Waals surface area (Å²) in [6, 6.07) is 7.76. The molecule has 0 N–H and O–H groups in total. The van der Waals surface area contributed by atoms with Gasteiger partial charge in [-0.25, -0.2) is 0 Å². The van der Waals surface area contributed by atoms with Gasteiger partial charge < -0.3 is 13.6 Å². The van der Waals surface area contributed by atoms with E-state index in [1.165, 1.54) is 21.3 Å². The third kappa shape index (κ3) is 2.89. The molecule has 15 heavy (non-hydrogen) atoms. The Balaban J connectivity index is 3.19. The zero-order chi connectivity index (χ0) is 11.3. The number of hydrogen-bond donors (Lipinski definition) is 0. The summed E-state index contributed by atoms with van der Waals surface area (Å²) in [5, 5.41) is 0. The van der Waals surface area contributed by atoms with Crippen LogP contribution in [0.5, 0.6) is 0 Å². The Hall–Kier alpha value is -0.670. The van der Waals surface area contributed by atoms with Crippen LogP contribution in [-0.4, -0.2) is 21.3 Å². The highest BCUT2D eigenvalue weighted by atomic mass is 31.2. The average molecular weight is 229 g/mol. The molecule has 1 rings (SSSR count). The zero-order valence-corrected chi connectivity index (χ0v) is 10.3. The molecule has 0 aliphatic rings. The summed E-state index contributed by atoms with van der Waals surface area (Å²) in [6.07, 6.45) is 0. The molecule has 0 aromatic heterocycles. The summed E-state index contributed by atoms with van der Waals surface area (Å²) in [6.45, 7) is 1.98. The first-order valence-electron chi connectivity index (χ1n) is 4.52. The first-order valence-corrected chi connectivity index (χ1v) is 6.02. The number of nitrogens with zero attached hydrogens (tertiary/aromatic N) is 1. The second kappa shape index (κ2) is 5.42. The molecule has 4 nitrogen and oxygen atoms in total. The first-order chi connectivity index (χ1) is 7.17. The minimum atomic E-state index is -2.56. The van der Waals surface area contributed by atoms with E-state index in [-0.39, 0.29) is 0 Å². The van der Waals surface area contributed by atoms with E-state index in [1.807, 2.05) is 31.2 Å². The van der Waals surface area contributed by atoms with Crippen molar-refractivity contribution in [2.45, 2.75) is 6.92 Å². The highest BCUT2D eigenvalue weighted by Gasteiger charge is 2.18. The molecule has 84 valence electrons. The fourth-order valence-electron chi connectivity index (χ4n) is 1.15. The summed E-state index contributed by atoms with van der Waals surface area (Å²) in [5.41, 5.74) is 1.89. The van der Waals surface area contributed by atoms with E-state index in [1.54, 1.807) is 0 Å². The molecule has 0 saturated carbocycles.